The Labute approximate surface area is 86.1 Å². The third-order valence-corrected chi connectivity index (χ3v) is 1.95. The standard InChI is InChI=1S/C12H19NO/c1-3-8-14-12-6-4-11(5-7-12)9-10(2)13/h4-7,10H,3,8-9,13H2,1-2H3/t10-/m1/s1. The van der Waals surface area contributed by atoms with E-state index in [-0.39, 0.29) is 6.04 Å². The summed E-state index contributed by atoms with van der Waals surface area (Å²) in [5.41, 5.74) is 6.98. The molecule has 0 radical (unpaired) electrons. The molecule has 0 saturated carbocycles. The van der Waals surface area contributed by atoms with E-state index in [9.17, 15) is 0 Å². The number of hydrogen-bond donors (Lipinski definition) is 1. The summed E-state index contributed by atoms with van der Waals surface area (Å²) in [5, 5.41) is 0. The molecule has 14 heavy (non-hydrogen) atoms. The minimum Gasteiger partial charge on any atom is -0.494 e. The average Bonchev–Trinajstić information content (AvgIpc) is 2.16. The third kappa shape index (κ3) is 3.79. The molecule has 0 saturated heterocycles. The van der Waals surface area contributed by atoms with Crippen molar-refractivity contribution >= 4 is 0 Å². The lowest BCUT2D eigenvalue weighted by Gasteiger charge is -2.07. The molecule has 0 unspecified atom stereocenters. The van der Waals surface area contributed by atoms with E-state index in [1.807, 2.05) is 19.1 Å². The molecule has 1 aromatic rings. The number of ether oxygens (including phenoxy) is 1. The Balaban J connectivity index is 2.50. The van der Waals surface area contributed by atoms with Crippen molar-refractivity contribution in [2.75, 3.05) is 6.61 Å². The Kier molecular flexibility index (Phi) is 4.47. The Bertz CT molecular complexity index is 254. The van der Waals surface area contributed by atoms with Gasteiger partial charge in [0.1, 0.15) is 5.75 Å². The fourth-order valence-corrected chi connectivity index (χ4v) is 1.31. The summed E-state index contributed by atoms with van der Waals surface area (Å²) in [7, 11) is 0. The number of hydrogen-bond acceptors (Lipinski definition) is 2. The van der Waals surface area contributed by atoms with Crippen LogP contribution in [-0.2, 0) is 6.42 Å². The predicted octanol–water partition coefficient (Wildman–Crippen LogP) is 2.37. The monoisotopic (exact) mass is 193 g/mol. The van der Waals surface area contributed by atoms with Crippen LogP contribution in [0.15, 0.2) is 24.3 Å². The van der Waals surface area contributed by atoms with E-state index < -0.39 is 0 Å². The van der Waals surface area contributed by atoms with Crippen molar-refractivity contribution in [1.82, 2.24) is 0 Å². The summed E-state index contributed by atoms with van der Waals surface area (Å²) < 4.78 is 5.48. The van der Waals surface area contributed by atoms with Crippen LogP contribution in [0.3, 0.4) is 0 Å². The Hall–Kier alpha value is -1.02. The van der Waals surface area contributed by atoms with Gasteiger partial charge in [0.25, 0.3) is 0 Å². The van der Waals surface area contributed by atoms with E-state index in [4.69, 9.17) is 10.5 Å². The highest BCUT2D eigenvalue weighted by atomic mass is 16.5. The molecule has 1 aromatic carbocycles. The Morgan fingerprint density at radius 1 is 1.29 bits per heavy atom. The van der Waals surface area contributed by atoms with Gasteiger partial charge in [-0.1, -0.05) is 19.1 Å². The van der Waals surface area contributed by atoms with Gasteiger partial charge in [-0.3, -0.25) is 0 Å². The van der Waals surface area contributed by atoms with Crippen LogP contribution in [0.2, 0.25) is 0 Å². The van der Waals surface area contributed by atoms with Crippen molar-refractivity contribution in [3.05, 3.63) is 29.8 Å². The van der Waals surface area contributed by atoms with Crippen LogP contribution in [0.1, 0.15) is 25.8 Å². The number of benzene rings is 1. The van der Waals surface area contributed by atoms with Crippen molar-refractivity contribution < 1.29 is 4.74 Å². The molecule has 2 N–H and O–H groups in total. The highest BCUT2D eigenvalue weighted by molar-refractivity contribution is 5.27. The van der Waals surface area contributed by atoms with Gasteiger partial charge in [-0.2, -0.15) is 0 Å². The Morgan fingerprint density at radius 2 is 1.93 bits per heavy atom. The van der Waals surface area contributed by atoms with Crippen LogP contribution in [0.25, 0.3) is 0 Å². The molecule has 0 aliphatic rings. The van der Waals surface area contributed by atoms with Gasteiger partial charge in [-0.05, 0) is 37.5 Å². The maximum absolute atomic E-state index is 5.71. The molecule has 0 spiro atoms. The molecule has 78 valence electrons. The molecule has 0 aliphatic heterocycles. The predicted molar refractivity (Wildman–Crippen MR) is 59.6 cm³/mol. The normalized spacial score (nSPS) is 12.5. The second-order valence-corrected chi connectivity index (χ2v) is 3.67. The van der Waals surface area contributed by atoms with Crippen molar-refractivity contribution in [3.63, 3.8) is 0 Å². The molecule has 1 rings (SSSR count). The first-order valence-corrected chi connectivity index (χ1v) is 5.19. The first kappa shape index (κ1) is 11.1. The largest absolute Gasteiger partial charge is 0.494 e. The van der Waals surface area contributed by atoms with E-state index in [0.29, 0.717) is 0 Å². The smallest absolute Gasteiger partial charge is 0.119 e. The number of rotatable bonds is 5. The van der Waals surface area contributed by atoms with Gasteiger partial charge in [-0.15, -0.1) is 0 Å². The lowest BCUT2D eigenvalue weighted by molar-refractivity contribution is 0.317. The Morgan fingerprint density at radius 3 is 2.43 bits per heavy atom. The van der Waals surface area contributed by atoms with Crippen LogP contribution in [0.4, 0.5) is 0 Å². The molecule has 0 bridgehead atoms. The molecule has 2 heteroatoms. The second-order valence-electron chi connectivity index (χ2n) is 3.67. The SMILES string of the molecule is CCCOc1ccc(C[C@@H](C)N)cc1. The highest BCUT2D eigenvalue weighted by Gasteiger charge is 1.98. The van der Waals surface area contributed by atoms with Gasteiger partial charge in [0.15, 0.2) is 0 Å². The van der Waals surface area contributed by atoms with E-state index >= 15 is 0 Å². The number of nitrogens with two attached hydrogens (primary N) is 1. The van der Waals surface area contributed by atoms with Crippen LogP contribution in [0, 0.1) is 0 Å². The molecule has 1 atom stereocenters. The van der Waals surface area contributed by atoms with Gasteiger partial charge in [0, 0.05) is 6.04 Å². The lowest BCUT2D eigenvalue weighted by Crippen LogP contribution is -2.17. The quantitative estimate of drug-likeness (QED) is 0.779. The maximum atomic E-state index is 5.71. The minimum absolute atomic E-state index is 0.220. The zero-order valence-electron chi connectivity index (χ0n) is 8.99. The molecule has 0 amide bonds. The molecule has 0 aliphatic carbocycles. The molecule has 2 nitrogen and oxygen atoms in total. The fraction of sp³-hybridized carbons (Fsp3) is 0.500. The zero-order chi connectivity index (χ0) is 10.4. The van der Waals surface area contributed by atoms with Gasteiger partial charge >= 0.3 is 0 Å². The molecule has 0 aromatic heterocycles. The summed E-state index contributed by atoms with van der Waals surface area (Å²) in [4.78, 5) is 0. The van der Waals surface area contributed by atoms with Crippen molar-refractivity contribution in [2.45, 2.75) is 32.7 Å². The van der Waals surface area contributed by atoms with Crippen molar-refractivity contribution in [2.24, 2.45) is 5.73 Å². The van der Waals surface area contributed by atoms with Crippen molar-refractivity contribution in [1.29, 1.82) is 0 Å². The third-order valence-electron chi connectivity index (χ3n) is 1.95. The summed E-state index contributed by atoms with van der Waals surface area (Å²) in [6.45, 7) is 4.90. The van der Waals surface area contributed by atoms with E-state index in [2.05, 4.69) is 19.1 Å². The molecular weight excluding hydrogens is 174 g/mol. The summed E-state index contributed by atoms with van der Waals surface area (Å²) in [6.07, 6.45) is 1.97. The van der Waals surface area contributed by atoms with E-state index in [0.717, 1.165) is 25.2 Å². The van der Waals surface area contributed by atoms with Crippen molar-refractivity contribution in [3.8, 4) is 5.75 Å². The van der Waals surface area contributed by atoms with E-state index in [1.54, 1.807) is 0 Å². The summed E-state index contributed by atoms with van der Waals surface area (Å²) >= 11 is 0. The van der Waals surface area contributed by atoms with Gasteiger partial charge in [-0.25, -0.2) is 0 Å². The molecular formula is C12H19NO. The van der Waals surface area contributed by atoms with Gasteiger partial charge in [0.2, 0.25) is 0 Å². The van der Waals surface area contributed by atoms with Crippen LogP contribution in [-0.4, -0.2) is 12.6 Å². The first-order chi connectivity index (χ1) is 6.72. The minimum atomic E-state index is 0.220. The maximum Gasteiger partial charge on any atom is 0.119 e. The van der Waals surface area contributed by atoms with Gasteiger partial charge in [0.05, 0.1) is 6.61 Å². The van der Waals surface area contributed by atoms with Crippen LogP contribution >= 0.6 is 0 Å². The topological polar surface area (TPSA) is 35.2 Å². The highest BCUT2D eigenvalue weighted by Crippen LogP contribution is 2.13. The van der Waals surface area contributed by atoms with E-state index in [1.165, 1.54) is 5.56 Å². The lowest BCUT2D eigenvalue weighted by atomic mass is 10.1. The average molecular weight is 193 g/mol. The van der Waals surface area contributed by atoms with Crippen LogP contribution < -0.4 is 10.5 Å². The molecule has 0 fully saturated rings. The van der Waals surface area contributed by atoms with Crippen LogP contribution in [0.5, 0.6) is 5.75 Å². The van der Waals surface area contributed by atoms with Gasteiger partial charge < -0.3 is 10.5 Å². The first-order valence-electron chi connectivity index (χ1n) is 5.19. The summed E-state index contributed by atoms with van der Waals surface area (Å²) in [5.74, 6) is 0.945. The molecule has 0 heterocycles. The fourth-order valence-electron chi connectivity index (χ4n) is 1.31. The summed E-state index contributed by atoms with van der Waals surface area (Å²) in [6, 6.07) is 8.39. The zero-order valence-corrected chi connectivity index (χ0v) is 8.99. The second kappa shape index (κ2) is 5.66.